The molecule has 0 fully saturated rings. The maximum absolute atomic E-state index is 12.8. The minimum absolute atomic E-state index is 0.250. The van der Waals surface area contributed by atoms with E-state index in [1.807, 2.05) is 34.9 Å². The topological polar surface area (TPSA) is 81.9 Å². The molecule has 1 aromatic carbocycles. The van der Waals surface area contributed by atoms with E-state index in [1.165, 1.54) is 0 Å². The lowest BCUT2D eigenvalue weighted by molar-refractivity contribution is 0.102. The highest BCUT2D eigenvalue weighted by atomic mass is 127. The number of halogens is 1. The maximum Gasteiger partial charge on any atom is 0.260 e. The Balaban J connectivity index is 1.77. The van der Waals surface area contributed by atoms with E-state index in [0.29, 0.717) is 41.2 Å². The molecule has 1 N–H and O–H groups in total. The molecule has 1 amide bonds. The molecule has 7 nitrogen and oxygen atoms in total. The Hall–Kier alpha value is -2.49. The van der Waals surface area contributed by atoms with Crippen molar-refractivity contribution < 1.29 is 9.53 Å². The Morgan fingerprint density at radius 3 is 3.07 bits per heavy atom. The maximum atomic E-state index is 12.8. The average Bonchev–Trinajstić information content (AvgIpc) is 3.10. The summed E-state index contributed by atoms with van der Waals surface area (Å²) in [5.41, 5.74) is 1.18. The highest BCUT2D eigenvalue weighted by Gasteiger charge is 2.17. The zero-order valence-electron chi connectivity index (χ0n) is 14.7. The van der Waals surface area contributed by atoms with Gasteiger partial charge in [-0.2, -0.15) is 0 Å². The van der Waals surface area contributed by atoms with Gasteiger partial charge in [-0.25, -0.2) is 4.98 Å². The van der Waals surface area contributed by atoms with E-state index in [2.05, 4.69) is 50.0 Å². The zero-order chi connectivity index (χ0) is 18.8. The van der Waals surface area contributed by atoms with Crippen LogP contribution in [0.25, 0.3) is 11.5 Å². The third kappa shape index (κ3) is 3.95. The zero-order valence-corrected chi connectivity index (χ0v) is 16.9. The molecule has 3 heterocycles. The van der Waals surface area contributed by atoms with Gasteiger partial charge in [-0.3, -0.25) is 4.79 Å². The highest BCUT2D eigenvalue weighted by Crippen LogP contribution is 2.25. The molecule has 0 saturated heterocycles. The number of carbonyl (C=O) groups is 1. The van der Waals surface area contributed by atoms with Crippen molar-refractivity contribution in [3.8, 4) is 17.3 Å². The minimum Gasteiger partial charge on any atom is -0.493 e. The normalized spacial score (nSPS) is 17.1. The first-order valence-electron chi connectivity index (χ1n) is 8.69. The fourth-order valence-electron chi connectivity index (χ4n) is 3.00. The van der Waals surface area contributed by atoms with E-state index in [0.717, 1.165) is 16.5 Å². The van der Waals surface area contributed by atoms with Crippen LogP contribution in [-0.2, 0) is 6.54 Å². The van der Waals surface area contributed by atoms with E-state index in [4.69, 9.17) is 4.74 Å². The van der Waals surface area contributed by atoms with Crippen LogP contribution in [0.5, 0.6) is 5.75 Å². The standard InChI is InChI=1S/C19H18IN5O2/c1-12-7-8-27-16-6-5-13(20)9-14(16)19(26)23-17-4-2-3-15(22-17)18-24-21-11-25(18)10-12/h2-6,9,11-12H,7-8,10H2,1H3,(H,22,23,26). The van der Waals surface area contributed by atoms with Crippen molar-refractivity contribution in [2.24, 2.45) is 5.92 Å². The third-order valence-corrected chi connectivity index (χ3v) is 5.07. The fraction of sp³-hybridized carbons (Fsp3) is 0.263. The van der Waals surface area contributed by atoms with Crippen molar-refractivity contribution >= 4 is 34.3 Å². The summed E-state index contributed by atoms with van der Waals surface area (Å²) in [6, 6.07) is 11.1. The molecule has 2 aromatic heterocycles. The van der Waals surface area contributed by atoms with E-state index in [1.54, 1.807) is 12.4 Å². The quantitative estimate of drug-likeness (QED) is 0.503. The van der Waals surface area contributed by atoms with Gasteiger partial charge >= 0.3 is 0 Å². The monoisotopic (exact) mass is 475 g/mol. The lowest BCUT2D eigenvalue weighted by Crippen LogP contribution is -2.17. The molecule has 4 rings (SSSR count). The van der Waals surface area contributed by atoms with Crippen LogP contribution < -0.4 is 10.1 Å². The van der Waals surface area contributed by atoms with Gasteiger partial charge in [0.05, 0.1) is 12.2 Å². The number of fused-ring (bicyclic) bond motifs is 5. The molecule has 138 valence electrons. The second-order valence-electron chi connectivity index (χ2n) is 6.55. The summed E-state index contributed by atoms with van der Waals surface area (Å²) in [6.45, 7) is 3.46. The van der Waals surface area contributed by atoms with E-state index in [9.17, 15) is 4.79 Å². The largest absolute Gasteiger partial charge is 0.493 e. The predicted molar refractivity (Wildman–Crippen MR) is 110 cm³/mol. The first-order valence-corrected chi connectivity index (χ1v) is 9.77. The summed E-state index contributed by atoms with van der Waals surface area (Å²) in [7, 11) is 0. The van der Waals surface area contributed by atoms with Crippen LogP contribution in [0.15, 0.2) is 42.7 Å². The number of aromatic nitrogens is 4. The van der Waals surface area contributed by atoms with Gasteiger partial charge in [-0.05, 0) is 65.3 Å². The number of nitrogens with zero attached hydrogens (tertiary/aromatic N) is 4. The van der Waals surface area contributed by atoms with Gasteiger partial charge in [0.25, 0.3) is 5.91 Å². The number of hydrogen-bond acceptors (Lipinski definition) is 5. The molecule has 1 aliphatic rings. The van der Waals surface area contributed by atoms with Gasteiger partial charge in [-0.15, -0.1) is 10.2 Å². The molecule has 0 spiro atoms. The van der Waals surface area contributed by atoms with Crippen LogP contribution in [0.4, 0.5) is 5.82 Å². The van der Waals surface area contributed by atoms with Gasteiger partial charge < -0.3 is 14.6 Å². The molecule has 2 bridgehead atoms. The van der Waals surface area contributed by atoms with Crippen molar-refractivity contribution in [2.45, 2.75) is 19.9 Å². The molecule has 1 unspecified atom stereocenters. The molecule has 0 radical (unpaired) electrons. The van der Waals surface area contributed by atoms with Gasteiger partial charge in [-0.1, -0.05) is 13.0 Å². The van der Waals surface area contributed by atoms with Crippen LogP contribution in [0.1, 0.15) is 23.7 Å². The molecule has 1 aliphatic heterocycles. The highest BCUT2D eigenvalue weighted by molar-refractivity contribution is 14.1. The van der Waals surface area contributed by atoms with Crippen LogP contribution in [0.3, 0.4) is 0 Å². The Morgan fingerprint density at radius 1 is 1.30 bits per heavy atom. The number of ether oxygens (including phenoxy) is 1. The van der Waals surface area contributed by atoms with E-state index >= 15 is 0 Å². The number of hydrogen-bond donors (Lipinski definition) is 1. The van der Waals surface area contributed by atoms with E-state index in [-0.39, 0.29) is 5.91 Å². The summed E-state index contributed by atoms with van der Waals surface area (Å²) in [5, 5.41) is 11.1. The molecule has 0 saturated carbocycles. The Kier molecular flexibility index (Phi) is 5.06. The second kappa shape index (κ2) is 7.63. The van der Waals surface area contributed by atoms with Crippen molar-refractivity contribution in [1.29, 1.82) is 0 Å². The molecular formula is C19H18IN5O2. The SMILES string of the molecule is CC1CCOc2ccc(I)cc2C(=O)Nc2cccc(n2)-c2nncn2C1. The predicted octanol–water partition coefficient (Wildman–Crippen LogP) is 3.62. The van der Waals surface area contributed by atoms with Gasteiger partial charge in [0.2, 0.25) is 0 Å². The number of carbonyl (C=O) groups excluding carboxylic acids is 1. The van der Waals surface area contributed by atoms with Crippen molar-refractivity contribution in [1.82, 2.24) is 19.7 Å². The molecule has 27 heavy (non-hydrogen) atoms. The number of benzene rings is 1. The van der Waals surface area contributed by atoms with Crippen molar-refractivity contribution in [2.75, 3.05) is 11.9 Å². The van der Waals surface area contributed by atoms with Crippen LogP contribution in [-0.4, -0.2) is 32.3 Å². The van der Waals surface area contributed by atoms with Crippen molar-refractivity contribution in [3.05, 3.63) is 51.9 Å². The van der Waals surface area contributed by atoms with Crippen LogP contribution >= 0.6 is 22.6 Å². The molecule has 1 atom stereocenters. The number of amides is 1. The molecule has 0 aliphatic carbocycles. The summed E-state index contributed by atoms with van der Waals surface area (Å²) in [6.07, 6.45) is 2.56. The smallest absolute Gasteiger partial charge is 0.260 e. The lowest BCUT2D eigenvalue weighted by Gasteiger charge is -2.17. The lowest BCUT2D eigenvalue weighted by atomic mass is 10.1. The number of rotatable bonds is 0. The second-order valence-corrected chi connectivity index (χ2v) is 7.80. The summed E-state index contributed by atoms with van der Waals surface area (Å²) >= 11 is 2.19. The Bertz CT molecular complexity index is 988. The van der Waals surface area contributed by atoms with Crippen molar-refractivity contribution in [3.63, 3.8) is 0 Å². The Labute approximate surface area is 170 Å². The van der Waals surface area contributed by atoms with E-state index < -0.39 is 0 Å². The number of nitrogens with one attached hydrogen (secondary N) is 1. The summed E-state index contributed by atoms with van der Waals surface area (Å²) in [4.78, 5) is 17.4. The average molecular weight is 475 g/mol. The fourth-order valence-corrected chi connectivity index (χ4v) is 3.49. The molecular weight excluding hydrogens is 457 g/mol. The molecule has 3 aromatic rings. The van der Waals surface area contributed by atoms with Gasteiger partial charge in [0.1, 0.15) is 23.6 Å². The Morgan fingerprint density at radius 2 is 2.19 bits per heavy atom. The number of anilines is 1. The van der Waals surface area contributed by atoms with Crippen LogP contribution in [0.2, 0.25) is 0 Å². The van der Waals surface area contributed by atoms with Crippen LogP contribution in [0, 0.1) is 9.49 Å². The summed E-state index contributed by atoms with van der Waals surface area (Å²) in [5.74, 6) is 1.83. The first-order chi connectivity index (χ1) is 13.1. The third-order valence-electron chi connectivity index (χ3n) is 4.40. The van der Waals surface area contributed by atoms with Gasteiger partial charge in [0.15, 0.2) is 5.82 Å². The number of pyridine rings is 1. The van der Waals surface area contributed by atoms with Gasteiger partial charge in [0, 0.05) is 10.1 Å². The molecule has 8 heteroatoms. The minimum atomic E-state index is -0.250. The first kappa shape index (κ1) is 17.9. The summed E-state index contributed by atoms with van der Waals surface area (Å²) < 4.78 is 8.88.